The summed E-state index contributed by atoms with van der Waals surface area (Å²) in [6.07, 6.45) is 8.38. The van der Waals surface area contributed by atoms with Crippen LogP contribution in [0, 0.1) is 5.92 Å². The monoisotopic (exact) mass is 285 g/mol. The highest BCUT2D eigenvalue weighted by molar-refractivity contribution is 5.96. The fourth-order valence-corrected chi connectivity index (χ4v) is 3.82. The van der Waals surface area contributed by atoms with Gasteiger partial charge >= 0.3 is 0 Å². The smallest absolute Gasteiger partial charge is 0.163 e. The summed E-state index contributed by atoms with van der Waals surface area (Å²) in [5.74, 6) is 1.76. The van der Waals surface area contributed by atoms with Crippen molar-refractivity contribution in [3.63, 3.8) is 0 Å². The van der Waals surface area contributed by atoms with E-state index in [1.165, 1.54) is 38.5 Å². The van der Waals surface area contributed by atoms with Crippen LogP contribution in [0.5, 0.6) is 5.75 Å². The van der Waals surface area contributed by atoms with Crippen LogP contribution in [0.2, 0.25) is 0 Å². The predicted octanol–water partition coefficient (Wildman–Crippen LogP) is 3.33. The highest BCUT2D eigenvalue weighted by Gasteiger charge is 2.34. The van der Waals surface area contributed by atoms with E-state index in [1.807, 2.05) is 24.3 Å². The standard InChI is InChI=1S/C18H23NO2/c20-18(11-12-9-14-3-4-15(10-12)19-14)13-1-5-16(6-2-13)21-17-7-8-17/h1-2,5-6,12,14-15,17,19H,3-4,7-11H2. The van der Waals surface area contributed by atoms with Gasteiger partial charge in [-0.3, -0.25) is 4.79 Å². The second-order valence-corrected chi connectivity index (χ2v) is 6.94. The SMILES string of the molecule is O=C(CC1CC2CCC(C1)N2)c1ccc(OC2CC2)cc1. The minimum absolute atomic E-state index is 0.291. The number of rotatable bonds is 5. The third-order valence-corrected chi connectivity index (χ3v) is 5.05. The average molecular weight is 285 g/mol. The lowest BCUT2D eigenvalue weighted by molar-refractivity contribution is 0.0945. The molecule has 1 N–H and O–H groups in total. The number of piperidine rings is 1. The van der Waals surface area contributed by atoms with Crippen LogP contribution >= 0.6 is 0 Å². The normalized spacial score (nSPS) is 31.1. The molecule has 3 nitrogen and oxygen atoms in total. The van der Waals surface area contributed by atoms with Crippen molar-refractivity contribution in [2.45, 2.75) is 63.1 Å². The van der Waals surface area contributed by atoms with E-state index in [2.05, 4.69) is 5.32 Å². The van der Waals surface area contributed by atoms with Gasteiger partial charge in [0, 0.05) is 24.1 Å². The summed E-state index contributed by atoms with van der Waals surface area (Å²) in [6.45, 7) is 0. The van der Waals surface area contributed by atoms with Gasteiger partial charge in [-0.25, -0.2) is 0 Å². The number of ether oxygens (including phenoxy) is 1. The van der Waals surface area contributed by atoms with Crippen molar-refractivity contribution < 1.29 is 9.53 Å². The number of nitrogens with one attached hydrogen (secondary N) is 1. The maximum Gasteiger partial charge on any atom is 0.163 e. The van der Waals surface area contributed by atoms with Gasteiger partial charge < -0.3 is 10.1 Å². The minimum Gasteiger partial charge on any atom is -0.490 e. The summed E-state index contributed by atoms with van der Waals surface area (Å²) in [6, 6.07) is 9.06. The first kappa shape index (κ1) is 13.3. The van der Waals surface area contributed by atoms with E-state index in [9.17, 15) is 4.79 Å². The Morgan fingerprint density at radius 1 is 1.05 bits per heavy atom. The maximum absolute atomic E-state index is 12.4. The first-order chi connectivity index (χ1) is 10.3. The first-order valence-electron chi connectivity index (χ1n) is 8.32. The molecule has 21 heavy (non-hydrogen) atoms. The van der Waals surface area contributed by atoms with Gasteiger partial charge in [0.15, 0.2) is 5.78 Å². The number of Topliss-reactive ketones (excluding diaryl/α,β-unsaturated/α-hetero) is 1. The van der Waals surface area contributed by atoms with Crippen molar-refractivity contribution in [2.24, 2.45) is 5.92 Å². The third kappa shape index (κ3) is 3.13. The second kappa shape index (κ2) is 5.45. The summed E-state index contributed by atoms with van der Waals surface area (Å²) >= 11 is 0. The molecule has 2 bridgehead atoms. The zero-order valence-electron chi connectivity index (χ0n) is 12.4. The van der Waals surface area contributed by atoms with Crippen LogP contribution in [0.25, 0.3) is 0 Å². The predicted molar refractivity (Wildman–Crippen MR) is 81.7 cm³/mol. The van der Waals surface area contributed by atoms with Gasteiger partial charge in [-0.05, 0) is 68.7 Å². The van der Waals surface area contributed by atoms with Gasteiger partial charge in [0.25, 0.3) is 0 Å². The topological polar surface area (TPSA) is 38.3 Å². The summed E-state index contributed by atoms with van der Waals surface area (Å²) in [7, 11) is 0. The molecule has 2 atom stereocenters. The van der Waals surface area contributed by atoms with Crippen LogP contribution in [-0.4, -0.2) is 24.0 Å². The van der Waals surface area contributed by atoms with E-state index in [0.29, 0.717) is 36.3 Å². The number of carbonyl (C=O) groups excluding carboxylic acids is 1. The maximum atomic E-state index is 12.4. The summed E-state index contributed by atoms with van der Waals surface area (Å²) in [5.41, 5.74) is 0.837. The van der Waals surface area contributed by atoms with Gasteiger partial charge in [-0.2, -0.15) is 0 Å². The molecule has 0 spiro atoms. The second-order valence-electron chi connectivity index (χ2n) is 6.94. The molecule has 2 saturated heterocycles. The molecule has 4 rings (SSSR count). The van der Waals surface area contributed by atoms with Crippen molar-refractivity contribution in [3.05, 3.63) is 29.8 Å². The van der Waals surface area contributed by atoms with Crippen LogP contribution < -0.4 is 10.1 Å². The highest BCUT2D eigenvalue weighted by atomic mass is 16.5. The Morgan fingerprint density at radius 3 is 2.33 bits per heavy atom. The lowest BCUT2D eigenvalue weighted by Crippen LogP contribution is -2.38. The van der Waals surface area contributed by atoms with Crippen LogP contribution in [0.15, 0.2) is 24.3 Å². The van der Waals surface area contributed by atoms with Crippen LogP contribution in [0.1, 0.15) is 55.3 Å². The Hall–Kier alpha value is -1.35. The molecule has 3 aliphatic rings. The number of fused-ring (bicyclic) bond motifs is 2. The molecule has 0 amide bonds. The van der Waals surface area contributed by atoms with E-state index >= 15 is 0 Å². The van der Waals surface area contributed by atoms with Crippen molar-refractivity contribution in [2.75, 3.05) is 0 Å². The lowest BCUT2D eigenvalue weighted by atomic mass is 9.87. The van der Waals surface area contributed by atoms with E-state index in [4.69, 9.17) is 4.74 Å². The van der Waals surface area contributed by atoms with E-state index < -0.39 is 0 Å². The molecule has 2 heterocycles. The molecule has 2 unspecified atom stereocenters. The minimum atomic E-state index is 0.291. The number of carbonyl (C=O) groups is 1. The Kier molecular flexibility index (Phi) is 3.46. The molecule has 1 aromatic rings. The molecule has 112 valence electrons. The van der Waals surface area contributed by atoms with Gasteiger partial charge in [-0.15, -0.1) is 0 Å². The van der Waals surface area contributed by atoms with E-state index in [0.717, 1.165) is 11.3 Å². The van der Waals surface area contributed by atoms with Gasteiger partial charge in [0.2, 0.25) is 0 Å². The molecular formula is C18H23NO2. The highest BCUT2D eigenvalue weighted by Crippen LogP contribution is 2.33. The lowest BCUT2D eigenvalue weighted by Gasteiger charge is -2.28. The Bertz CT molecular complexity index is 509. The van der Waals surface area contributed by atoms with Gasteiger partial charge in [-0.1, -0.05) is 0 Å². The third-order valence-electron chi connectivity index (χ3n) is 5.05. The molecule has 1 saturated carbocycles. The summed E-state index contributed by atoms with van der Waals surface area (Å²) < 4.78 is 5.73. The molecule has 3 fully saturated rings. The molecule has 1 aliphatic carbocycles. The van der Waals surface area contributed by atoms with Crippen LogP contribution in [0.4, 0.5) is 0 Å². The van der Waals surface area contributed by atoms with Crippen LogP contribution in [0.3, 0.4) is 0 Å². The Labute approximate surface area is 126 Å². The molecule has 1 aromatic carbocycles. The summed E-state index contributed by atoms with van der Waals surface area (Å²) in [4.78, 5) is 12.4. The quantitative estimate of drug-likeness (QED) is 0.843. The molecule has 0 radical (unpaired) electrons. The zero-order chi connectivity index (χ0) is 14.2. The number of benzene rings is 1. The molecular weight excluding hydrogens is 262 g/mol. The van der Waals surface area contributed by atoms with Crippen molar-refractivity contribution in [1.82, 2.24) is 5.32 Å². The van der Waals surface area contributed by atoms with Crippen molar-refractivity contribution in [3.8, 4) is 5.75 Å². The number of ketones is 1. The fraction of sp³-hybridized carbons (Fsp3) is 0.611. The van der Waals surface area contributed by atoms with Gasteiger partial charge in [0.05, 0.1) is 6.10 Å². The Morgan fingerprint density at radius 2 is 1.71 bits per heavy atom. The molecule has 3 heteroatoms. The molecule has 2 aliphatic heterocycles. The zero-order valence-corrected chi connectivity index (χ0v) is 12.4. The Balaban J connectivity index is 1.35. The number of hydrogen-bond donors (Lipinski definition) is 1. The average Bonchev–Trinajstić information content (AvgIpc) is 3.23. The first-order valence-corrected chi connectivity index (χ1v) is 8.32. The number of hydrogen-bond acceptors (Lipinski definition) is 3. The van der Waals surface area contributed by atoms with Crippen LogP contribution in [-0.2, 0) is 0 Å². The van der Waals surface area contributed by atoms with Crippen molar-refractivity contribution >= 4 is 5.78 Å². The van der Waals surface area contributed by atoms with Crippen molar-refractivity contribution in [1.29, 1.82) is 0 Å². The van der Waals surface area contributed by atoms with E-state index in [-0.39, 0.29) is 0 Å². The molecule has 0 aromatic heterocycles. The largest absolute Gasteiger partial charge is 0.490 e. The van der Waals surface area contributed by atoms with E-state index in [1.54, 1.807) is 0 Å². The summed E-state index contributed by atoms with van der Waals surface area (Å²) in [5, 5.41) is 3.64. The fourth-order valence-electron chi connectivity index (χ4n) is 3.82. The van der Waals surface area contributed by atoms with Gasteiger partial charge in [0.1, 0.15) is 5.75 Å².